The number of halogens is 3. The molecule has 0 unspecified atom stereocenters. The van der Waals surface area contributed by atoms with E-state index in [1.165, 1.54) is 0 Å². The standard InChI is InChI=1S/C8H14F3NO2/c1-2-6(12)3-5(4-7(13)14)8(9,10)11/h5-6H,2-4,12H2,1H3,(H,13,14)/t5-,6+/m0/s1. The van der Waals surface area contributed by atoms with Gasteiger partial charge >= 0.3 is 12.1 Å². The molecular weight excluding hydrogens is 199 g/mol. The van der Waals surface area contributed by atoms with Gasteiger partial charge < -0.3 is 10.8 Å². The Balaban J connectivity index is 4.33. The highest BCUT2D eigenvalue weighted by molar-refractivity contribution is 5.67. The van der Waals surface area contributed by atoms with Gasteiger partial charge in [-0.25, -0.2) is 0 Å². The third-order valence-electron chi connectivity index (χ3n) is 2.00. The van der Waals surface area contributed by atoms with Crippen molar-refractivity contribution in [2.45, 2.75) is 38.4 Å². The lowest BCUT2D eigenvalue weighted by Gasteiger charge is -2.21. The summed E-state index contributed by atoms with van der Waals surface area (Å²) in [7, 11) is 0. The summed E-state index contributed by atoms with van der Waals surface area (Å²) in [4.78, 5) is 10.2. The molecule has 0 bridgehead atoms. The van der Waals surface area contributed by atoms with Gasteiger partial charge in [-0.2, -0.15) is 13.2 Å². The van der Waals surface area contributed by atoms with E-state index in [4.69, 9.17) is 10.8 Å². The number of rotatable bonds is 5. The van der Waals surface area contributed by atoms with Gasteiger partial charge in [0.2, 0.25) is 0 Å². The van der Waals surface area contributed by atoms with Gasteiger partial charge in [0.05, 0.1) is 12.3 Å². The molecule has 6 heteroatoms. The zero-order valence-corrected chi connectivity index (χ0v) is 7.84. The van der Waals surface area contributed by atoms with Crippen molar-refractivity contribution >= 4 is 5.97 Å². The summed E-state index contributed by atoms with van der Waals surface area (Å²) in [5.74, 6) is -3.29. The lowest BCUT2D eigenvalue weighted by Crippen LogP contribution is -2.32. The topological polar surface area (TPSA) is 63.3 Å². The molecule has 14 heavy (non-hydrogen) atoms. The van der Waals surface area contributed by atoms with E-state index in [0.717, 1.165) is 0 Å². The number of aliphatic carboxylic acids is 1. The lowest BCUT2D eigenvalue weighted by molar-refractivity contribution is -0.185. The van der Waals surface area contributed by atoms with Gasteiger partial charge in [-0.15, -0.1) is 0 Å². The van der Waals surface area contributed by atoms with Crippen LogP contribution in [0.4, 0.5) is 13.2 Å². The molecule has 0 aliphatic rings. The fraction of sp³-hybridized carbons (Fsp3) is 0.875. The van der Waals surface area contributed by atoms with E-state index in [9.17, 15) is 18.0 Å². The Morgan fingerprint density at radius 2 is 2.00 bits per heavy atom. The van der Waals surface area contributed by atoms with E-state index < -0.39 is 30.5 Å². The van der Waals surface area contributed by atoms with Crippen molar-refractivity contribution in [1.29, 1.82) is 0 Å². The minimum atomic E-state index is -4.48. The molecule has 0 saturated carbocycles. The average Bonchev–Trinajstić information content (AvgIpc) is 2.00. The van der Waals surface area contributed by atoms with Gasteiger partial charge in [0.15, 0.2) is 0 Å². The Morgan fingerprint density at radius 1 is 1.50 bits per heavy atom. The summed E-state index contributed by atoms with van der Waals surface area (Å²) >= 11 is 0. The molecule has 0 saturated heterocycles. The van der Waals surface area contributed by atoms with E-state index in [2.05, 4.69) is 0 Å². The molecule has 2 atom stereocenters. The smallest absolute Gasteiger partial charge is 0.392 e. The maximum absolute atomic E-state index is 12.3. The quantitative estimate of drug-likeness (QED) is 0.731. The summed E-state index contributed by atoms with van der Waals surface area (Å²) in [6.45, 7) is 1.67. The molecule has 0 heterocycles. The van der Waals surface area contributed by atoms with Crippen LogP contribution in [-0.4, -0.2) is 23.3 Å². The van der Waals surface area contributed by atoms with Crippen molar-refractivity contribution in [2.75, 3.05) is 0 Å². The number of hydrogen-bond acceptors (Lipinski definition) is 2. The minimum absolute atomic E-state index is 0.327. The molecular formula is C8H14F3NO2. The molecule has 3 nitrogen and oxygen atoms in total. The largest absolute Gasteiger partial charge is 0.481 e. The van der Waals surface area contributed by atoms with E-state index in [1.54, 1.807) is 6.92 Å². The number of carboxylic acid groups (broad SMARTS) is 1. The molecule has 0 amide bonds. The van der Waals surface area contributed by atoms with Gasteiger partial charge in [0.25, 0.3) is 0 Å². The lowest BCUT2D eigenvalue weighted by atomic mass is 9.95. The molecule has 3 N–H and O–H groups in total. The first kappa shape index (κ1) is 13.2. The van der Waals surface area contributed by atoms with E-state index in [1.807, 2.05) is 0 Å². The molecule has 84 valence electrons. The van der Waals surface area contributed by atoms with Crippen LogP contribution in [0.2, 0.25) is 0 Å². The molecule has 0 spiro atoms. The van der Waals surface area contributed by atoms with Crippen molar-refractivity contribution in [3.8, 4) is 0 Å². The first-order valence-electron chi connectivity index (χ1n) is 4.31. The third-order valence-corrected chi connectivity index (χ3v) is 2.00. The number of carboxylic acids is 1. The van der Waals surface area contributed by atoms with Crippen LogP contribution in [0.25, 0.3) is 0 Å². The maximum atomic E-state index is 12.3. The van der Waals surface area contributed by atoms with Gasteiger partial charge in [-0.3, -0.25) is 4.79 Å². The molecule has 0 aliphatic heterocycles. The van der Waals surface area contributed by atoms with Crippen LogP contribution in [0.1, 0.15) is 26.2 Å². The van der Waals surface area contributed by atoms with Crippen molar-refractivity contribution in [1.82, 2.24) is 0 Å². The molecule has 0 aromatic rings. The molecule has 0 aliphatic carbocycles. The second-order valence-electron chi connectivity index (χ2n) is 3.24. The van der Waals surface area contributed by atoms with Gasteiger partial charge in [-0.1, -0.05) is 6.92 Å². The van der Waals surface area contributed by atoms with Crippen molar-refractivity contribution in [2.24, 2.45) is 11.7 Å². The number of nitrogens with two attached hydrogens (primary N) is 1. The first-order chi connectivity index (χ1) is 6.27. The molecule has 0 fully saturated rings. The van der Waals surface area contributed by atoms with Crippen LogP contribution < -0.4 is 5.73 Å². The van der Waals surface area contributed by atoms with Crippen LogP contribution in [0.5, 0.6) is 0 Å². The van der Waals surface area contributed by atoms with Crippen LogP contribution in [0.15, 0.2) is 0 Å². The fourth-order valence-electron chi connectivity index (χ4n) is 1.08. The normalized spacial score (nSPS) is 16.4. The highest BCUT2D eigenvalue weighted by Crippen LogP contribution is 2.32. The number of carbonyl (C=O) groups is 1. The molecule has 0 rings (SSSR count). The second kappa shape index (κ2) is 5.19. The molecule has 0 aromatic heterocycles. The zero-order chi connectivity index (χ0) is 11.4. The Hall–Kier alpha value is -0.780. The van der Waals surface area contributed by atoms with Crippen LogP contribution >= 0.6 is 0 Å². The Bertz CT molecular complexity index is 194. The predicted molar refractivity (Wildman–Crippen MR) is 44.7 cm³/mol. The third kappa shape index (κ3) is 5.06. The zero-order valence-electron chi connectivity index (χ0n) is 7.84. The summed E-state index contributed by atoms with van der Waals surface area (Å²) in [6, 6.07) is -0.596. The monoisotopic (exact) mass is 213 g/mol. The second-order valence-corrected chi connectivity index (χ2v) is 3.24. The average molecular weight is 213 g/mol. The summed E-state index contributed by atoms with van der Waals surface area (Å²) in [6.07, 6.45) is -5.30. The van der Waals surface area contributed by atoms with Crippen molar-refractivity contribution < 1.29 is 23.1 Å². The van der Waals surface area contributed by atoms with Gasteiger partial charge in [0, 0.05) is 6.04 Å². The first-order valence-corrected chi connectivity index (χ1v) is 4.31. The van der Waals surface area contributed by atoms with Crippen LogP contribution in [-0.2, 0) is 4.79 Å². The van der Waals surface area contributed by atoms with Crippen LogP contribution in [0.3, 0.4) is 0 Å². The van der Waals surface area contributed by atoms with Gasteiger partial charge in [0.1, 0.15) is 0 Å². The highest BCUT2D eigenvalue weighted by Gasteiger charge is 2.41. The van der Waals surface area contributed by atoms with Crippen LogP contribution in [0, 0.1) is 5.92 Å². The maximum Gasteiger partial charge on any atom is 0.392 e. The van der Waals surface area contributed by atoms with Crippen molar-refractivity contribution in [3.05, 3.63) is 0 Å². The summed E-state index contributed by atoms with van der Waals surface area (Å²) < 4.78 is 36.8. The van der Waals surface area contributed by atoms with E-state index in [0.29, 0.717) is 6.42 Å². The Morgan fingerprint density at radius 3 is 2.29 bits per heavy atom. The highest BCUT2D eigenvalue weighted by atomic mass is 19.4. The van der Waals surface area contributed by atoms with Gasteiger partial charge in [-0.05, 0) is 12.8 Å². The van der Waals surface area contributed by atoms with E-state index in [-0.39, 0.29) is 6.42 Å². The molecule has 0 radical (unpaired) electrons. The Kier molecular flexibility index (Phi) is 4.90. The predicted octanol–water partition coefficient (Wildman–Crippen LogP) is 1.77. The molecule has 0 aromatic carbocycles. The van der Waals surface area contributed by atoms with Crippen molar-refractivity contribution in [3.63, 3.8) is 0 Å². The van der Waals surface area contributed by atoms with E-state index >= 15 is 0 Å². The Labute approximate surface area is 80.1 Å². The summed E-state index contributed by atoms with van der Waals surface area (Å²) in [5, 5.41) is 8.29. The minimum Gasteiger partial charge on any atom is -0.481 e. The SMILES string of the molecule is CC[C@@H](N)C[C@@H](CC(=O)O)C(F)(F)F. The summed E-state index contributed by atoms with van der Waals surface area (Å²) in [5.41, 5.74) is 5.35. The fourth-order valence-corrected chi connectivity index (χ4v) is 1.08. The number of hydrogen-bond donors (Lipinski definition) is 2. The number of alkyl halides is 3.